The van der Waals surface area contributed by atoms with Gasteiger partial charge in [-0.2, -0.15) is 0 Å². The van der Waals surface area contributed by atoms with E-state index in [1.54, 1.807) is 0 Å². The van der Waals surface area contributed by atoms with Crippen LogP contribution in [0.25, 0.3) is 0 Å². The molecule has 0 saturated carbocycles. The Hall–Kier alpha value is -0.130. The Balaban J connectivity index is 2.09. The smallest absolute Gasteiger partial charge is 0.171 e. The quantitative estimate of drug-likeness (QED) is 0.641. The Labute approximate surface area is 72.8 Å². The molecule has 0 aromatic carbocycles. The SMILES string of the molecule is CS(=O)(=O)COC[C@H]1CCCO1. The number of hydrogen-bond donors (Lipinski definition) is 0. The molecule has 0 N–H and O–H groups in total. The fourth-order valence-electron chi connectivity index (χ4n) is 1.11. The molecule has 72 valence electrons. The lowest BCUT2D eigenvalue weighted by Crippen LogP contribution is -2.17. The fraction of sp³-hybridized carbons (Fsp3) is 1.00. The highest BCUT2D eigenvalue weighted by Gasteiger charge is 2.15. The van der Waals surface area contributed by atoms with E-state index in [0.717, 1.165) is 25.7 Å². The van der Waals surface area contributed by atoms with Crippen LogP contribution < -0.4 is 0 Å². The largest absolute Gasteiger partial charge is 0.376 e. The zero-order valence-electron chi connectivity index (χ0n) is 7.15. The van der Waals surface area contributed by atoms with Gasteiger partial charge in [-0.05, 0) is 12.8 Å². The first kappa shape index (κ1) is 9.95. The van der Waals surface area contributed by atoms with Gasteiger partial charge in [0.05, 0.1) is 12.7 Å². The van der Waals surface area contributed by atoms with Crippen LogP contribution in [0.4, 0.5) is 0 Å². The Morgan fingerprint density at radius 3 is 2.83 bits per heavy atom. The molecule has 1 aliphatic heterocycles. The topological polar surface area (TPSA) is 52.6 Å². The molecule has 5 heteroatoms. The van der Waals surface area contributed by atoms with Crippen molar-refractivity contribution in [3.8, 4) is 0 Å². The lowest BCUT2D eigenvalue weighted by Gasteiger charge is -2.08. The van der Waals surface area contributed by atoms with Crippen LogP contribution in [-0.2, 0) is 19.3 Å². The Bertz CT molecular complexity index is 216. The minimum Gasteiger partial charge on any atom is -0.376 e. The average molecular weight is 194 g/mol. The van der Waals surface area contributed by atoms with E-state index in [1.165, 1.54) is 0 Å². The van der Waals surface area contributed by atoms with Crippen LogP contribution in [0.15, 0.2) is 0 Å². The monoisotopic (exact) mass is 194 g/mol. The highest BCUT2D eigenvalue weighted by molar-refractivity contribution is 7.90. The summed E-state index contributed by atoms with van der Waals surface area (Å²) in [5, 5.41) is 0. The van der Waals surface area contributed by atoms with Gasteiger partial charge in [0.1, 0.15) is 5.94 Å². The van der Waals surface area contributed by atoms with E-state index in [9.17, 15) is 8.42 Å². The summed E-state index contributed by atoms with van der Waals surface area (Å²) in [5.41, 5.74) is 0. The van der Waals surface area contributed by atoms with E-state index >= 15 is 0 Å². The van der Waals surface area contributed by atoms with E-state index in [1.807, 2.05) is 0 Å². The molecule has 0 aromatic rings. The maximum Gasteiger partial charge on any atom is 0.171 e. The van der Waals surface area contributed by atoms with Gasteiger partial charge in [-0.1, -0.05) is 0 Å². The molecule has 12 heavy (non-hydrogen) atoms. The van der Waals surface area contributed by atoms with Crippen molar-refractivity contribution in [2.24, 2.45) is 0 Å². The summed E-state index contributed by atoms with van der Waals surface area (Å²) in [6, 6.07) is 0. The first-order valence-electron chi connectivity index (χ1n) is 3.95. The van der Waals surface area contributed by atoms with Crippen molar-refractivity contribution < 1.29 is 17.9 Å². The molecule has 0 bridgehead atoms. The summed E-state index contributed by atoms with van der Waals surface area (Å²) in [4.78, 5) is 0. The van der Waals surface area contributed by atoms with Crippen molar-refractivity contribution >= 4 is 9.84 Å². The van der Waals surface area contributed by atoms with E-state index in [4.69, 9.17) is 9.47 Å². The zero-order chi connectivity index (χ0) is 9.03. The number of rotatable bonds is 4. The van der Waals surface area contributed by atoms with Crippen LogP contribution in [0.3, 0.4) is 0 Å². The van der Waals surface area contributed by atoms with Gasteiger partial charge >= 0.3 is 0 Å². The van der Waals surface area contributed by atoms with Crippen molar-refractivity contribution in [2.45, 2.75) is 18.9 Å². The molecule has 1 aliphatic rings. The lowest BCUT2D eigenvalue weighted by atomic mass is 10.2. The molecule has 0 radical (unpaired) electrons. The van der Waals surface area contributed by atoms with Crippen LogP contribution in [0, 0.1) is 0 Å². The molecule has 0 aliphatic carbocycles. The van der Waals surface area contributed by atoms with E-state index in [0.29, 0.717) is 6.61 Å². The highest BCUT2D eigenvalue weighted by atomic mass is 32.2. The molecule has 0 spiro atoms. The van der Waals surface area contributed by atoms with Crippen molar-refractivity contribution in [1.29, 1.82) is 0 Å². The molecule has 0 unspecified atom stereocenters. The molecule has 4 nitrogen and oxygen atoms in total. The molecule has 1 rings (SSSR count). The summed E-state index contributed by atoms with van der Waals surface area (Å²) >= 11 is 0. The molecule has 0 aromatic heterocycles. The Kier molecular flexibility index (Phi) is 3.49. The zero-order valence-corrected chi connectivity index (χ0v) is 7.97. The number of hydrogen-bond acceptors (Lipinski definition) is 4. The van der Waals surface area contributed by atoms with Gasteiger partial charge in [0, 0.05) is 12.9 Å². The van der Waals surface area contributed by atoms with Crippen molar-refractivity contribution in [2.75, 3.05) is 25.4 Å². The average Bonchev–Trinajstić information content (AvgIpc) is 2.36. The maximum atomic E-state index is 10.6. The van der Waals surface area contributed by atoms with Gasteiger partial charge in [0.15, 0.2) is 9.84 Å². The van der Waals surface area contributed by atoms with Crippen LogP contribution >= 0.6 is 0 Å². The summed E-state index contributed by atoms with van der Waals surface area (Å²) in [7, 11) is -2.99. The predicted molar refractivity (Wildman–Crippen MR) is 44.6 cm³/mol. The first-order valence-corrected chi connectivity index (χ1v) is 6.01. The predicted octanol–water partition coefficient (Wildman–Crippen LogP) is 0.184. The maximum absolute atomic E-state index is 10.6. The van der Waals surface area contributed by atoms with Crippen molar-refractivity contribution in [3.05, 3.63) is 0 Å². The van der Waals surface area contributed by atoms with Crippen LogP contribution in [0.5, 0.6) is 0 Å². The highest BCUT2D eigenvalue weighted by Crippen LogP contribution is 2.11. The molecular formula is C7H14O4S. The van der Waals surface area contributed by atoms with Crippen LogP contribution in [-0.4, -0.2) is 39.9 Å². The third-order valence-corrected chi connectivity index (χ3v) is 2.22. The van der Waals surface area contributed by atoms with Crippen LogP contribution in [0.2, 0.25) is 0 Å². The molecule has 1 saturated heterocycles. The fourth-order valence-corrected chi connectivity index (χ4v) is 1.51. The third-order valence-electron chi connectivity index (χ3n) is 1.63. The standard InChI is InChI=1S/C7H14O4S/c1-12(8,9)6-10-5-7-3-2-4-11-7/h7H,2-6H2,1H3/t7-/m1/s1. The summed E-state index contributed by atoms with van der Waals surface area (Å²) < 4.78 is 31.5. The number of ether oxygens (including phenoxy) is 2. The van der Waals surface area contributed by atoms with Gasteiger partial charge in [-0.15, -0.1) is 0 Å². The van der Waals surface area contributed by atoms with Crippen molar-refractivity contribution in [1.82, 2.24) is 0 Å². The third kappa shape index (κ3) is 4.04. The molecule has 1 atom stereocenters. The second-order valence-corrected chi connectivity index (χ2v) is 5.14. The molecule has 1 fully saturated rings. The molecular weight excluding hydrogens is 180 g/mol. The van der Waals surface area contributed by atoms with E-state index in [-0.39, 0.29) is 12.0 Å². The summed E-state index contributed by atoms with van der Waals surface area (Å²) in [6.07, 6.45) is 3.28. The Morgan fingerprint density at radius 1 is 1.58 bits per heavy atom. The van der Waals surface area contributed by atoms with Gasteiger partial charge in [0.25, 0.3) is 0 Å². The Morgan fingerprint density at radius 2 is 2.33 bits per heavy atom. The second-order valence-electron chi connectivity index (χ2n) is 3.05. The van der Waals surface area contributed by atoms with Gasteiger partial charge in [-0.3, -0.25) is 0 Å². The first-order chi connectivity index (χ1) is 5.58. The summed E-state index contributed by atoms with van der Waals surface area (Å²) in [5.74, 6) is -0.202. The van der Waals surface area contributed by atoms with E-state index in [2.05, 4.69) is 0 Å². The van der Waals surface area contributed by atoms with Gasteiger partial charge in [0.2, 0.25) is 0 Å². The summed E-state index contributed by atoms with van der Waals surface area (Å²) in [6.45, 7) is 1.17. The minimum absolute atomic E-state index is 0.103. The normalized spacial score (nSPS) is 24.6. The molecule has 0 amide bonds. The lowest BCUT2D eigenvalue weighted by molar-refractivity contribution is 0.0318. The molecule has 1 heterocycles. The van der Waals surface area contributed by atoms with E-state index < -0.39 is 9.84 Å². The minimum atomic E-state index is -2.99. The van der Waals surface area contributed by atoms with Gasteiger partial charge < -0.3 is 9.47 Å². The van der Waals surface area contributed by atoms with Crippen molar-refractivity contribution in [3.63, 3.8) is 0 Å². The number of sulfone groups is 1. The van der Waals surface area contributed by atoms with Gasteiger partial charge in [-0.25, -0.2) is 8.42 Å². The van der Waals surface area contributed by atoms with Crippen LogP contribution in [0.1, 0.15) is 12.8 Å². The second kappa shape index (κ2) is 4.20.